The van der Waals surface area contributed by atoms with Crippen LogP contribution in [0.3, 0.4) is 0 Å². The van der Waals surface area contributed by atoms with Crippen LogP contribution in [0, 0.1) is 17.8 Å². The predicted molar refractivity (Wildman–Crippen MR) is 60.6 cm³/mol. The molecule has 2 saturated carbocycles. The largest absolute Gasteiger partial charge is 0.360 e. The zero-order chi connectivity index (χ0) is 11.8. The first-order valence-electron chi connectivity index (χ1n) is 6.18. The Morgan fingerprint density at radius 2 is 2.35 bits per heavy atom. The van der Waals surface area contributed by atoms with Gasteiger partial charge in [0.15, 0.2) is 5.76 Å². The smallest absolute Gasteiger partial charge is 0.225 e. The highest BCUT2D eigenvalue weighted by atomic mass is 16.5. The summed E-state index contributed by atoms with van der Waals surface area (Å²) in [6.07, 6.45) is 5.04. The maximum Gasteiger partial charge on any atom is 0.225 e. The van der Waals surface area contributed by atoms with Gasteiger partial charge in [-0.2, -0.15) is 0 Å². The summed E-state index contributed by atoms with van der Waals surface area (Å²) in [5.41, 5.74) is 6.12. The van der Waals surface area contributed by atoms with Crippen molar-refractivity contribution in [2.45, 2.75) is 31.8 Å². The van der Waals surface area contributed by atoms with Gasteiger partial charge in [0.05, 0.1) is 18.7 Å². The van der Waals surface area contributed by atoms with Crippen molar-refractivity contribution in [2.75, 3.05) is 0 Å². The summed E-state index contributed by atoms with van der Waals surface area (Å²) in [6, 6.07) is 1.80. The number of hydrogen-bond donors (Lipinski definition) is 2. The first-order chi connectivity index (χ1) is 8.25. The number of carbonyl (C=O) groups is 1. The third kappa shape index (κ3) is 1.84. The minimum absolute atomic E-state index is 0.00308. The number of rotatable bonds is 3. The quantitative estimate of drug-likeness (QED) is 0.806. The van der Waals surface area contributed by atoms with Crippen molar-refractivity contribution in [1.29, 1.82) is 0 Å². The van der Waals surface area contributed by atoms with Gasteiger partial charge in [-0.05, 0) is 31.1 Å². The minimum Gasteiger partial charge on any atom is -0.360 e. The molecule has 1 aromatic rings. The van der Waals surface area contributed by atoms with Crippen molar-refractivity contribution < 1.29 is 9.32 Å². The Morgan fingerprint density at radius 1 is 1.53 bits per heavy atom. The normalized spacial score (nSPS) is 35.1. The minimum atomic E-state index is -0.00308. The van der Waals surface area contributed by atoms with Crippen LogP contribution in [0.1, 0.15) is 25.0 Å². The van der Waals surface area contributed by atoms with Gasteiger partial charge in [0.25, 0.3) is 0 Å². The molecule has 2 aliphatic carbocycles. The Balaban J connectivity index is 1.59. The highest BCUT2D eigenvalue weighted by Gasteiger charge is 2.48. The van der Waals surface area contributed by atoms with Gasteiger partial charge in [-0.1, -0.05) is 5.16 Å². The Labute approximate surface area is 99.7 Å². The van der Waals surface area contributed by atoms with E-state index in [1.165, 1.54) is 6.42 Å². The van der Waals surface area contributed by atoms with Crippen LogP contribution < -0.4 is 11.1 Å². The number of hydrogen-bond acceptors (Lipinski definition) is 4. The molecule has 0 saturated heterocycles. The first-order valence-corrected chi connectivity index (χ1v) is 6.18. The van der Waals surface area contributed by atoms with E-state index in [9.17, 15) is 4.79 Å². The molecule has 92 valence electrons. The molecule has 17 heavy (non-hydrogen) atoms. The van der Waals surface area contributed by atoms with E-state index in [-0.39, 0.29) is 17.9 Å². The van der Waals surface area contributed by atoms with Crippen molar-refractivity contribution in [3.63, 3.8) is 0 Å². The molecule has 3 rings (SSSR count). The van der Waals surface area contributed by atoms with Crippen molar-refractivity contribution in [3.05, 3.63) is 18.0 Å². The highest BCUT2D eigenvalue weighted by molar-refractivity contribution is 5.80. The van der Waals surface area contributed by atoms with Gasteiger partial charge in [0.1, 0.15) is 0 Å². The number of nitrogens with two attached hydrogens (primary N) is 1. The third-order valence-electron chi connectivity index (χ3n) is 4.21. The zero-order valence-corrected chi connectivity index (χ0v) is 9.63. The molecule has 2 bridgehead atoms. The van der Waals surface area contributed by atoms with Crippen LogP contribution in [0.4, 0.5) is 0 Å². The first kappa shape index (κ1) is 10.8. The maximum atomic E-state index is 12.1. The van der Waals surface area contributed by atoms with E-state index in [4.69, 9.17) is 10.3 Å². The summed E-state index contributed by atoms with van der Waals surface area (Å²) in [4.78, 5) is 12.1. The molecule has 4 atom stereocenters. The molecule has 1 aromatic heterocycles. The lowest BCUT2D eigenvalue weighted by molar-refractivity contribution is -0.127. The number of aromatic nitrogens is 1. The summed E-state index contributed by atoms with van der Waals surface area (Å²) in [5.74, 6) is 1.79. The van der Waals surface area contributed by atoms with Crippen molar-refractivity contribution >= 4 is 5.91 Å². The lowest BCUT2D eigenvalue weighted by Crippen LogP contribution is -2.45. The monoisotopic (exact) mass is 235 g/mol. The second-order valence-electron chi connectivity index (χ2n) is 5.13. The predicted octanol–water partition coefficient (Wildman–Crippen LogP) is 0.664. The average Bonchev–Trinajstić information content (AvgIpc) is 3.02. The van der Waals surface area contributed by atoms with E-state index in [0.717, 1.165) is 12.8 Å². The second kappa shape index (κ2) is 4.14. The standard InChI is InChI=1S/C12H17N3O2/c13-11-8-2-1-7(5-8)10(11)12(16)14-6-9-3-4-15-17-9/h3-4,7-8,10-11H,1-2,5-6,13H2,(H,14,16). The van der Waals surface area contributed by atoms with Crippen LogP contribution >= 0.6 is 0 Å². The lowest BCUT2D eigenvalue weighted by atomic mass is 9.84. The van der Waals surface area contributed by atoms with Gasteiger partial charge in [0.2, 0.25) is 5.91 Å². The summed E-state index contributed by atoms with van der Waals surface area (Å²) in [7, 11) is 0. The van der Waals surface area contributed by atoms with Gasteiger partial charge in [-0.25, -0.2) is 0 Å². The molecular formula is C12H17N3O2. The molecule has 1 heterocycles. The Hall–Kier alpha value is -1.36. The third-order valence-corrected chi connectivity index (χ3v) is 4.21. The Bertz CT molecular complexity index is 402. The number of amides is 1. The van der Waals surface area contributed by atoms with E-state index in [1.807, 2.05) is 0 Å². The van der Waals surface area contributed by atoms with Crippen molar-refractivity contribution in [3.8, 4) is 0 Å². The van der Waals surface area contributed by atoms with Crippen LogP contribution in [0.2, 0.25) is 0 Å². The fraction of sp³-hybridized carbons (Fsp3) is 0.667. The number of carbonyl (C=O) groups excluding carboxylic acids is 1. The number of nitrogens with one attached hydrogen (secondary N) is 1. The molecule has 3 N–H and O–H groups in total. The fourth-order valence-electron chi connectivity index (χ4n) is 3.35. The molecule has 5 heteroatoms. The van der Waals surface area contributed by atoms with Crippen LogP contribution in [-0.4, -0.2) is 17.1 Å². The van der Waals surface area contributed by atoms with Gasteiger partial charge < -0.3 is 15.6 Å². The SMILES string of the molecule is NC1C2CCC(C2)C1C(=O)NCc1ccno1. The van der Waals surface area contributed by atoms with E-state index in [2.05, 4.69) is 10.5 Å². The summed E-state index contributed by atoms with van der Waals surface area (Å²) >= 11 is 0. The fourth-order valence-corrected chi connectivity index (χ4v) is 3.35. The number of fused-ring (bicyclic) bond motifs is 2. The van der Waals surface area contributed by atoms with Crippen LogP contribution in [0.15, 0.2) is 16.8 Å². The zero-order valence-electron chi connectivity index (χ0n) is 9.63. The molecule has 0 aromatic carbocycles. The van der Waals surface area contributed by atoms with Gasteiger partial charge in [0, 0.05) is 12.1 Å². The molecule has 5 nitrogen and oxygen atoms in total. The van der Waals surface area contributed by atoms with Gasteiger partial charge in [-0.15, -0.1) is 0 Å². The molecule has 0 spiro atoms. The molecule has 0 aliphatic heterocycles. The van der Waals surface area contributed by atoms with Crippen LogP contribution in [0.25, 0.3) is 0 Å². The highest BCUT2D eigenvalue weighted by Crippen LogP contribution is 2.47. The summed E-state index contributed by atoms with van der Waals surface area (Å²) in [6.45, 7) is 0.402. The number of nitrogens with zero attached hydrogens (tertiary/aromatic N) is 1. The molecule has 1 amide bonds. The molecule has 0 radical (unpaired) electrons. The molecular weight excluding hydrogens is 218 g/mol. The summed E-state index contributed by atoms with van der Waals surface area (Å²) in [5, 5.41) is 6.49. The van der Waals surface area contributed by atoms with E-state index in [1.54, 1.807) is 12.3 Å². The van der Waals surface area contributed by atoms with Gasteiger partial charge >= 0.3 is 0 Å². The van der Waals surface area contributed by atoms with E-state index in [0.29, 0.717) is 24.1 Å². The summed E-state index contributed by atoms with van der Waals surface area (Å²) < 4.78 is 4.94. The van der Waals surface area contributed by atoms with Crippen LogP contribution in [0.5, 0.6) is 0 Å². The second-order valence-corrected chi connectivity index (χ2v) is 5.13. The average molecular weight is 235 g/mol. The maximum absolute atomic E-state index is 12.1. The van der Waals surface area contributed by atoms with E-state index < -0.39 is 0 Å². The molecule has 2 fully saturated rings. The van der Waals surface area contributed by atoms with Crippen molar-refractivity contribution in [2.24, 2.45) is 23.5 Å². The lowest BCUT2D eigenvalue weighted by Gasteiger charge is -2.26. The topological polar surface area (TPSA) is 81.2 Å². The van der Waals surface area contributed by atoms with E-state index >= 15 is 0 Å². The Morgan fingerprint density at radius 3 is 3.00 bits per heavy atom. The van der Waals surface area contributed by atoms with Crippen LogP contribution in [-0.2, 0) is 11.3 Å². The molecule has 4 unspecified atom stereocenters. The van der Waals surface area contributed by atoms with Gasteiger partial charge in [-0.3, -0.25) is 4.79 Å². The Kier molecular flexibility index (Phi) is 2.63. The molecule has 2 aliphatic rings. The van der Waals surface area contributed by atoms with Crippen molar-refractivity contribution in [1.82, 2.24) is 10.5 Å².